The van der Waals surface area contributed by atoms with Gasteiger partial charge in [-0.15, -0.1) is 0 Å². The van der Waals surface area contributed by atoms with Crippen molar-refractivity contribution in [3.63, 3.8) is 0 Å². The molecule has 3 nitrogen and oxygen atoms in total. The standard InChI is InChI=1S/C13H25FO3.CH4/c1-8-9(14)10(16-12(2,3)4)11(15-8)17-13(5,6)7;/h8-11H,1-7H3;1H4. The summed E-state index contributed by atoms with van der Waals surface area (Å²) >= 11 is 0. The Balaban J connectivity index is 0.00000289. The molecule has 0 aliphatic carbocycles. The molecule has 0 saturated carbocycles. The molecular weight excluding hydrogens is 235 g/mol. The van der Waals surface area contributed by atoms with Crippen molar-refractivity contribution < 1.29 is 18.6 Å². The van der Waals surface area contributed by atoms with E-state index in [0.29, 0.717) is 0 Å². The molecule has 1 aliphatic rings. The summed E-state index contributed by atoms with van der Waals surface area (Å²) in [4.78, 5) is 0. The fourth-order valence-corrected chi connectivity index (χ4v) is 1.75. The second kappa shape index (κ2) is 5.85. The van der Waals surface area contributed by atoms with Crippen LogP contribution in [0.15, 0.2) is 0 Å². The van der Waals surface area contributed by atoms with Gasteiger partial charge in [-0.25, -0.2) is 4.39 Å². The normalized spacial score (nSPS) is 33.3. The topological polar surface area (TPSA) is 27.7 Å². The van der Waals surface area contributed by atoms with E-state index in [1.807, 2.05) is 41.5 Å². The fraction of sp³-hybridized carbons (Fsp3) is 1.00. The van der Waals surface area contributed by atoms with Crippen molar-refractivity contribution >= 4 is 0 Å². The fourth-order valence-electron chi connectivity index (χ4n) is 1.75. The van der Waals surface area contributed by atoms with Crippen LogP contribution in [0.4, 0.5) is 4.39 Å². The third kappa shape index (κ3) is 5.21. The van der Waals surface area contributed by atoms with Crippen molar-refractivity contribution in [3.8, 4) is 0 Å². The summed E-state index contributed by atoms with van der Waals surface area (Å²) in [7, 11) is 0. The Labute approximate surface area is 111 Å². The molecule has 0 spiro atoms. The summed E-state index contributed by atoms with van der Waals surface area (Å²) in [5.74, 6) is 0. The Kier molecular flexibility index (Phi) is 5.78. The highest BCUT2D eigenvalue weighted by atomic mass is 19.1. The number of ether oxygens (including phenoxy) is 3. The highest BCUT2D eigenvalue weighted by Gasteiger charge is 2.47. The first-order valence-electron chi connectivity index (χ1n) is 6.15. The van der Waals surface area contributed by atoms with Crippen LogP contribution in [0.25, 0.3) is 0 Å². The molecule has 4 atom stereocenters. The first-order chi connectivity index (χ1) is 7.49. The summed E-state index contributed by atoms with van der Waals surface area (Å²) < 4.78 is 30.9. The van der Waals surface area contributed by atoms with Crippen molar-refractivity contribution in [2.24, 2.45) is 0 Å². The zero-order chi connectivity index (χ0) is 13.4. The number of alkyl halides is 1. The van der Waals surface area contributed by atoms with E-state index < -0.39 is 30.3 Å². The Morgan fingerprint density at radius 2 is 1.39 bits per heavy atom. The van der Waals surface area contributed by atoms with Crippen LogP contribution in [0.1, 0.15) is 55.9 Å². The minimum absolute atomic E-state index is 0. The number of halogens is 1. The van der Waals surface area contributed by atoms with Gasteiger partial charge < -0.3 is 14.2 Å². The van der Waals surface area contributed by atoms with Gasteiger partial charge in [0.25, 0.3) is 0 Å². The largest absolute Gasteiger partial charge is 0.364 e. The van der Waals surface area contributed by atoms with Crippen molar-refractivity contribution in [1.82, 2.24) is 0 Å². The van der Waals surface area contributed by atoms with Gasteiger partial charge in [0.05, 0.1) is 17.3 Å². The molecule has 1 rings (SSSR count). The van der Waals surface area contributed by atoms with E-state index in [2.05, 4.69) is 0 Å². The van der Waals surface area contributed by atoms with Crippen LogP contribution in [-0.4, -0.2) is 35.9 Å². The maximum atomic E-state index is 14.0. The van der Waals surface area contributed by atoms with Crippen LogP contribution in [0.2, 0.25) is 0 Å². The minimum Gasteiger partial charge on any atom is -0.364 e. The maximum absolute atomic E-state index is 14.0. The summed E-state index contributed by atoms with van der Waals surface area (Å²) in [6.45, 7) is 13.2. The molecule has 0 N–H and O–H groups in total. The average molecular weight is 264 g/mol. The van der Waals surface area contributed by atoms with Crippen molar-refractivity contribution in [2.45, 2.75) is 91.8 Å². The minimum atomic E-state index is -1.15. The monoisotopic (exact) mass is 264 g/mol. The molecule has 1 fully saturated rings. The Morgan fingerprint density at radius 1 is 0.944 bits per heavy atom. The van der Waals surface area contributed by atoms with Gasteiger partial charge in [0, 0.05) is 0 Å². The highest BCUT2D eigenvalue weighted by Crippen LogP contribution is 2.32. The molecule has 0 amide bonds. The van der Waals surface area contributed by atoms with Gasteiger partial charge in [-0.2, -0.15) is 0 Å². The SMILES string of the molecule is C.CC1OC(OC(C)(C)C)C(OC(C)(C)C)C1F. The Bertz CT molecular complexity index is 255. The number of hydrogen-bond donors (Lipinski definition) is 0. The second-order valence-corrected chi connectivity index (χ2v) is 6.58. The van der Waals surface area contributed by atoms with Crippen LogP contribution in [-0.2, 0) is 14.2 Å². The van der Waals surface area contributed by atoms with Gasteiger partial charge in [0.1, 0.15) is 6.10 Å². The van der Waals surface area contributed by atoms with Crippen molar-refractivity contribution in [1.29, 1.82) is 0 Å². The van der Waals surface area contributed by atoms with Gasteiger partial charge in [0.2, 0.25) is 0 Å². The van der Waals surface area contributed by atoms with E-state index in [-0.39, 0.29) is 13.0 Å². The van der Waals surface area contributed by atoms with Gasteiger partial charge in [0.15, 0.2) is 12.5 Å². The Morgan fingerprint density at radius 3 is 1.78 bits per heavy atom. The van der Waals surface area contributed by atoms with Gasteiger partial charge in [-0.05, 0) is 48.5 Å². The number of hydrogen-bond acceptors (Lipinski definition) is 3. The lowest BCUT2D eigenvalue weighted by Crippen LogP contribution is -2.42. The van der Waals surface area contributed by atoms with Gasteiger partial charge in [-0.1, -0.05) is 7.43 Å². The van der Waals surface area contributed by atoms with E-state index in [9.17, 15) is 4.39 Å². The third-order valence-corrected chi connectivity index (χ3v) is 2.34. The maximum Gasteiger partial charge on any atom is 0.187 e. The molecule has 0 bridgehead atoms. The first kappa shape index (κ1) is 17.8. The molecular formula is C14H29FO3. The van der Waals surface area contributed by atoms with E-state index >= 15 is 0 Å². The van der Waals surface area contributed by atoms with Crippen molar-refractivity contribution in [3.05, 3.63) is 0 Å². The molecule has 4 heteroatoms. The molecule has 0 aromatic carbocycles. The molecule has 18 heavy (non-hydrogen) atoms. The lowest BCUT2D eigenvalue weighted by Gasteiger charge is -2.32. The molecule has 0 aromatic heterocycles. The zero-order valence-corrected chi connectivity index (χ0v) is 11.9. The first-order valence-corrected chi connectivity index (χ1v) is 6.15. The van der Waals surface area contributed by atoms with Crippen LogP contribution >= 0.6 is 0 Å². The zero-order valence-electron chi connectivity index (χ0n) is 11.9. The third-order valence-electron chi connectivity index (χ3n) is 2.34. The Hall–Kier alpha value is -0.190. The molecule has 0 radical (unpaired) electrons. The van der Waals surface area contributed by atoms with E-state index in [4.69, 9.17) is 14.2 Å². The molecule has 0 aromatic rings. The number of rotatable bonds is 2. The van der Waals surface area contributed by atoms with E-state index in [1.165, 1.54) is 0 Å². The van der Waals surface area contributed by atoms with Crippen LogP contribution in [0.5, 0.6) is 0 Å². The molecule has 1 aliphatic heterocycles. The van der Waals surface area contributed by atoms with E-state index in [0.717, 1.165) is 0 Å². The predicted molar refractivity (Wildman–Crippen MR) is 71.4 cm³/mol. The molecule has 1 heterocycles. The smallest absolute Gasteiger partial charge is 0.187 e. The average Bonchev–Trinajstić information content (AvgIpc) is 2.27. The summed E-state index contributed by atoms with van der Waals surface area (Å²) in [6.07, 6.45) is -2.94. The molecule has 1 saturated heterocycles. The summed E-state index contributed by atoms with van der Waals surface area (Å²) in [5, 5.41) is 0. The van der Waals surface area contributed by atoms with Crippen molar-refractivity contribution in [2.75, 3.05) is 0 Å². The quantitative estimate of drug-likeness (QED) is 0.761. The lowest BCUT2D eigenvalue weighted by molar-refractivity contribution is -0.233. The summed E-state index contributed by atoms with van der Waals surface area (Å²) in [6, 6.07) is 0. The van der Waals surface area contributed by atoms with Crippen LogP contribution < -0.4 is 0 Å². The second-order valence-electron chi connectivity index (χ2n) is 6.58. The van der Waals surface area contributed by atoms with Gasteiger partial charge >= 0.3 is 0 Å². The predicted octanol–water partition coefficient (Wildman–Crippen LogP) is 3.70. The lowest BCUT2D eigenvalue weighted by atomic mass is 10.1. The summed E-state index contributed by atoms with van der Waals surface area (Å²) in [5.41, 5.74) is -0.796. The van der Waals surface area contributed by atoms with Crippen LogP contribution in [0.3, 0.4) is 0 Å². The molecule has 110 valence electrons. The van der Waals surface area contributed by atoms with Gasteiger partial charge in [-0.3, -0.25) is 0 Å². The highest BCUT2D eigenvalue weighted by molar-refractivity contribution is 4.88. The molecule has 4 unspecified atom stereocenters. The van der Waals surface area contributed by atoms with Crippen LogP contribution in [0, 0.1) is 0 Å². The van der Waals surface area contributed by atoms with E-state index in [1.54, 1.807) is 6.92 Å².